The highest BCUT2D eigenvalue weighted by molar-refractivity contribution is 6.13. The number of nitrogens with zero attached hydrogens (tertiary/aromatic N) is 3. The van der Waals surface area contributed by atoms with Crippen LogP contribution in [0, 0.1) is 0 Å². The molecule has 0 spiro atoms. The fourth-order valence-electron chi connectivity index (χ4n) is 4.85. The van der Waals surface area contributed by atoms with Gasteiger partial charge in [0.25, 0.3) is 5.91 Å². The molecule has 3 heterocycles. The van der Waals surface area contributed by atoms with Crippen LogP contribution >= 0.6 is 0 Å². The topological polar surface area (TPSA) is 56.9 Å². The first-order valence-corrected chi connectivity index (χ1v) is 10.4. The molecule has 0 aliphatic carbocycles. The molecule has 1 aliphatic rings. The minimum absolute atomic E-state index is 0.0191. The quantitative estimate of drug-likeness (QED) is 0.349. The van der Waals surface area contributed by atoms with E-state index < -0.39 is 0 Å². The number of rotatable bonds is 1. The predicted octanol–water partition coefficient (Wildman–Crippen LogP) is 5.16. The molecule has 0 fully saturated rings. The SMILES string of the molecule is O=C1c2ccc(-n3c4ccccc4c(=O)c4ccccc43)cc2-c2nc3ccccc3n21. The van der Waals surface area contributed by atoms with Gasteiger partial charge < -0.3 is 4.57 Å². The normalized spacial score (nSPS) is 12.6. The second-order valence-corrected chi connectivity index (χ2v) is 7.99. The third-order valence-corrected chi connectivity index (χ3v) is 6.28. The average Bonchev–Trinajstić information content (AvgIpc) is 3.35. The van der Waals surface area contributed by atoms with E-state index in [1.807, 2.05) is 91.0 Å². The largest absolute Gasteiger partial charge is 0.309 e. The molecule has 0 saturated heterocycles. The maximum absolute atomic E-state index is 13.2. The summed E-state index contributed by atoms with van der Waals surface area (Å²) in [7, 11) is 0. The molecule has 5 nitrogen and oxygen atoms in total. The lowest BCUT2D eigenvalue weighted by molar-refractivity contribution is 0.0973. The van der Waals surface area contributed by atoms with E-state index in [2.05, 4.69) is 4.57 Å². The summed E-state index contributed by atoms with van der Waals surface area (Å²) < 4.78 is 3.77. The van der Waals surface area contributed by atoms with Crippen LogP contribution in [-0.2, 0) is 0 Å². The van der Waals surface area contributed by atoms with E-state index in [-0.39, 0.29) is 11.3 Å². The Kier molecular flexibility index (Phi) is 3.23. The number of fused-ring (bicyclic) bond motifs is 7. The van der Waals surface area contributed by atoms with Crippen molar-refractivity contribution in [2.75, 3.05) is 0 Å². The Morgan fingerprint density at radius 2 is 1.22 bits per heavy atom. The maximum atomic E-state index is 13.2. The summed E-state index contributed by atoms with van der Waals surface area (Å²) in [4.78, 5) is 31.0. The van der Waals surface area contributed by atoms with E-state index in [1.165, 1.54) is 0 Å². The number of carbonyl (C=O) groups is 1. The molecule has 0 radical (unpaired) electrons. The van der Waals surface area contributed by atoms with Crippen molar-refractivity contribution in [2.45, 2.75) is 0 Å². The minimum Gasteiger partial charge on any atom is -0.309 e. The molecule has 6 aromatic rings. The molecule has 7 rings (SSSR count). The number of hydrogen-bond donors (Lipinski definition) is 0. The molecule has 0 unspecified atom stereocenters. The molecule has 4 aromatic carbocycles. The second-order valence-electron chi connectivity index (χ2n) is 7.99. The molecule has 1 aliphatic heterocycles. The van der Waals surface area contributed by atoms with Crippen molar-refractivity contribution in [3.63, 3.8) is 0 Å². The number of hydrogen-bond acceptors (Lipinski definition) is 3. The number of carbonyl (C=O) groups excluding carboxylic acids is 1. The molecule has 150 valence electrons. The number of pyridine rings is 1. The van der Waals surface area contributed by atoms with Crippen LogP contribution in [0.1, 0.15) is 10.4 Å². The molecule has 0 saturated carbocycles. The highest BCUT2D eigenvalue weighted by Crippen LogP contribution is 2.36. The lowest BCUT2D eigenvalue weighted by atomic mass is 10.1. The van der Waals surface area contributed by atoms with E-state index in [4.69, 9.17) is 4.98 Å². The molecule has 0 N–H and O–H groups in total. The Bertz CT molecular complexity index is 1760. The Morgan fingerprint density at radius 1 is 0.594 bits per heavy atom. The minimum atomic E-state index is -0.0649. The number of benzene rings is 4. The first-order valence-electron chi connectivity index (χ1n) is 10.4. The van der Waals surface area contributed by atoms with Crippen LogP contribution in [0.4, 0.5) is 0 Å². The van der Waals surface area contributed by atoms with Crippen LogP contribution in [0.15, 0.2) is 95.8 Å². The molecule has 32 heavy (non-hydrogen) atoms. The van der Waals surface area contributed by atoms with Crippen molar-refractivity contribution in [2.24, 2.45) is 0 Å². The van der Waals surface area contributed by atoms with Crippen LogP contribution in [-0.4, -0.2) is 20.0 Å². The van der Waals surface area contributed by atoms with Crippen LogP contribution in [0.5, 0.6) is 0 Å². The van der Waals surface area contributed by atoms with Gasteiger partial charge in [-0.1, -0.05) is 36.4 Å². The number of para-hydroxylation sites is 4. The molecule has 0 bridgehead atoms. The van der Waals surface area contributed by atoms with Gasteiger partial charge in [0, 0.05) is 22.0 Å². The van der Waals surface area contributed by atoms with Gasteiger partial charge in [0.2, 0.25) is 0 Å². The Labute approximate surface area is 181 Å². The van der Waals surface area contributed by atoms with Gasteiger partial charge in [-0.3, -0.25) is 14.2 Å². The molecule has 2 aromatic heterocycles. The lowest BCUT2D eigenvalue weighted by Crippen LogP contribution is -2.10. The molecular formula is C27H15N3O2. The average molecular weight is 413 g/mol. The van der Waals surface area contributed by atoms with Crippen molar-refractivity contribution < 1.29 is 4.79 Å². The molecule has 0 amide bonds. The maximum Gasteiger partial charge on any atom is 0.264 e. The standard InChI is InChI=1S/C27H15N3O2/c31-25-18-7-1-4-10-22(18)29(23-11-5-2-8-19(23)25)16-13-14-17-20(15-16)26-28-21-9-3-6-12-24(21)30(26)27(17)32/h1-15H. The lowest BCUT2D eigenvalue weighted by Gasteiger charge is -2.16. The molecular weight excluding hydrogens is 398 g/mol. The van der Waals surface area contributed by atoms with Gasteiger partial charge in [0.15, 0.2) is 5.43 Å². The number of aromatic nitrogens is 3. The van der Waals surface area contributed by atoms with E-state index in [9.17, 15) is 9.59 Å². The molecule has 0 atom stereocenters. The highest BCUT2D eigenvalue weighted by Gasteiger charge is 2.30. The summed E-state index contributed by atoms with van der Waals surface area (Å²) in [5, 5.41) is 1.32. The van der Waals surface area contributed by atoms with E-state index in [0.29, 0.717) is 22.2 Å². The van der Waals surface area contributed by atoms with Gasteiger partial charge in [-0.2, -0.15) is 0 Å². The van der Waals surface area contributed by atoms with Gasteiger partial charge in [-0.15, -0.1) is 0 Å². The Morgan fingerprint density at radius 3 is 1.94 bits per heavy atom. The fraction of sp³-hybridized carbons (Fsp3) is 0. The third-order valence-electron chi connectivity index (χ3n) is 6.28. The first-order chi connectivity index (χ1) is 15.7. The van der Waals surface area contributed by atoms with E-state index in [0.717, 1.165) is 33.3 Å². The Balaban J connectivity index is 1.58. The predicted molar refractivity (Wildman–Crippen MR) is 126 cm³/mol. The van der Waals surface area contributed by atoms with Gasteiger partial charge in [0.05, 0.1) is 27.6 Å². The van der Waals surface area contributed by atoms with Crippen LogP contribution in [0.3, 0.4) is 0 Å². The number of imidazole rings is 1. The zero-order chi connectivity index (χ0) is 21.4. The first kappa shape index (κ1) is 17.2. The van der Waals surface area contributed by atoms with E-state index >= 15 is 0 Å². The smallest absolute Gasteiger partial charge is 0.264 e. The zero-order valence-electron chi connectivity index (χ0n) is 16.8. The van der Waals surface area contributed by atoms with Crippen molar-refractivity contribution in [1.29, 1.82) is 0 Å². The summed E-state index contributed by atoms with van der Waals surface area (Å²) in [6, 6.07) is 28.7. The zero-order valence-corrected chi connectivity index (χ0v) is 16.8. The highest BCUT2D eigenvalue weighted by atomic mass is 16.2. The summed E-state index contributed by atoms with van der Waals surface area (Å²) in [6.45, 7) is 0. The third kappa shape index (κ3) is 2.09. The van der Waals surface area contributed by atoms with Crippen molar-refractivity contribution in [1.82, 2.24) is 14.1 Å². The van der Waals surface area contributed by atoms with Crippen molar-refractivity contribution >= 4 is 38.7 Å². The fourth-order valence-corrected chi connectivity index (χ4v) is 4.85. The van der Waals surface area contributed by atoms with Crippen molar-refractivity contribution in [3.8, 4) is 17.1 Å². The molecule has 5 heteroatoms. The van der Waals surface area contributed by atoms with Crippen molar-refractivity contribution in [3.05, 3.63) is 107 Å². The van der Waals surface area contributed by atoms with Crippen LogP contribution in [0.25, 0.3) is 49.9 Å². The second kappa shape index (κ2) is 6.02. The summed E-state index contributed by atoms with van der Waals surface area (Å²) in [5.74, 6) is 0.590. The summed E-state index contributed by atoms with van der Waals surface area (Å²) >= 11 is 0. The van der Waals surface area contributed by atoms with Gasteiger partial charge >= 0.3 is 0 Å². The summed E-state index contributed by atoms with van der Waals surface area (Å²) in [6.07, 6.45) is 0. The monoisotopic (exact) mass is 413 g/mol. The van der Waals surface area contributed by atoms with Gasteiger partial charge in [-0.05, 0) is 54.6 Å². The van der Waals surface area contributed by atoms with Gasteiger partial charge in [-0.25, -0.2) is 4.98 Å². The van der Waals surface area contributed by atoms with Crippen LogP contribution < -0.4 is 5.43 Å². The van der Waals surface area contributed by atoms with Gasteiger partial charge in [0.1, 0.15) is 5.82 Å². The van der Waals surface area contributed by atoms with Crippen LogP contribution in [0.2, 0.25) is 0 Å². The Hall–Kier alpha value is -4.51. The summed E-state index contributed by atoms with van der Waals surface area (Å²) in [5.41, 5.74) is 5.60. The van der Waals surface area contributed by atoms with E-state index in [1.54, 1.807) is 4.57 Å².